The predicted octanol–water partition coefficient (Wildman–Crippen LogP) is 3.56. The van der Waals surface area contributed by atoms with E-state index in [1.807, 2.05) is 13.1 Å². The van der Waals surface area contributed by atoms with Crippen LogP contribution in [0.4, 0.5) is 4.39 Å². The van der Waals surface area contributed by atoms with Crippen molar-refractivity contribution in [3.8, 4) is 0 Å². The molecule has 6 heteroatoms. The SMILES string of the molecule is CN=C(NCCCc1cccc(F)c1)NC1CCN(C2CCCC2)C1.I. The third-order valence-corrected chi connectivity index (χ3v) is 5.45. The number of guanidine groups is 1. The van der Waals surface area contributed by atoms with E-state index in [0.717, 1.165) is 43.5 Å². The van der Waals surface area contributed by atoms with Crippen molar-refractivity contribution in [2.75, 3.05) is 26.7 Å². The lowest BCUT2D eigenvalue weighted by molar-refractivity contribution is 0.242. The average Bonchev–Trinajstić information content (AvgIpc) is 3.29. The minimum absolute atomic E-state index is 0. The Morgan fingerprint density at radius 1 is 1.27 bits per heavy atom. The first-order valence-corrected chi connectivity index (χ1v) is 9.70. The summed E-state index contributed by atoms with van der Waals surface area (Å²) in [5.41, 5.74) is 1.05. The minimum Gasteiger partial charge on any atom is -0.356 e. The Morgan fingerprint density at radius 2 is 2.08 bits per heavy atom. The van der Waals surface area contributed by atoms with Gasteiger partial charge in [-0.2, -0.15) is 0 Å². The van der Waals surface area contributed by atoms with Crippen molar-refractivity contribution >= 4 is 29.9 Å². The molecule has 1 aliphatic heterocycles. The molecule has 0 bridgehead atoms. The summed E-state index contributed by atoms with van der Waals surface area (Å²) in [5.74, 6) is 0.730. The maximum Gasteiger partial charge on any atom is 0.191 e. The van der Waals surface area contributed by atoms with Gasteiger partial charge in [0.25, 0.3) is 0 Å². The molecule has 0 aromatic heterocycles. The number of likely N-dealkylation sites (tertiary alicyclic amines) is 1. The normalized spacial score (nSPS) is 21.6. The standard InChI is InChI=1S/C20H31FN4.HI/c1-22-20(23-12-5-7-16-6-4-8-17(21)14-16)24-18-11-13-25(15-18)19-9-2-3-10-19;/h4,6,8,14,18-19H,2-3,5,7,9-13,15H2,1H3,(H2,22,23,24);1H. The second-order valence-electron chi connectivity index (χ2n) is 7.30. The highest BCUT2D eigenvalue weighted by Gasteiger charge is 2.30. The second kappa shape index (κ2) is 11.1. The Bertz CT molecular complexity index is 575. The van der Waals surface area contributed by atoms with Crippen LogP contribution in [0, 0.1) is 5.82 Å². The molecular formula is C20H32FIN4. The van der Waals surface area contributed by atoms with Crippen molar-refractivity contribution in [3.05, 3.63) is 35.6 Å². The van der Waals surface area contributed by atoms with Crippen LogP contribution in [-0.2, 0) is 6.42 Å². The number of nitrogens with zero attached hydrogens (tertiary/aromatic N) is 2. The van der Waals surface area contributed by atoms with E-state index in [-0.39, 0.29) is 29.8 Å². The number of hydrogen-bond donors (Lipinski definition) is 2. The molecule has 146 valence electrons. The molecule has 1 aromatic rings. The molecule has 1 aromatic carbocycles. The summed E-state index contributed by atoms with van der Waals surface area (Å²) >= 11 is 0. The van der Waals surface area contributed by atoms with Crippen LogP contribution in [0.25, 0.3) is 0 Å². The highest BCUT2D eigenvalue weighted by Crippen LogP contribution is 2.26. The van der Waals surface area contributed by atoms with Crippen molar-refractivity contribution in [2.24, 2.45) is 4.99 Å². The smallest absolute Gasteiger partial charge is 0.191 e. The van der Waals surface area contributed by atoms with Gasteiger partial charge in [0.1, 0.15) is 5.82 Å². The molecule has 3 rings (SSSR count). The molecule has 0 spiro atoms. The van der Waals surface area contributed by atoms with Gasteiger partial charge >= 0.3 is 0 Å². The van der Waals surface area contributed by atoms with E-state index in [0.29, 0.717) is 6.04 Å². The number of nitrogens with one attached hydrogen (secondary N) is 2. The van der Waals surface area contributed by atoms with Gasteiger partial charge in [-0.05, 0) is 49.8 Å². The van der Waals surface area contributed by atoms with Gasteiger partial charge < -0.3 is 10.6 Å². The van der Waals surface area contributed by atoms with Crippen LogP contribution in [0.15, 0.2) is 29.3 Å². The van der Waals surface area contributed by atoms with E-state index in [9.17, 15) is 4.39 Å². The van der Waals surface area contributed by atoms with Crippen molar-refractivity contribution in [3.63, 3.8) is 0 Å². The second-order valence-corrected chi connectivity index (χ2v) is 7.30. The van der Waals surface area contributed by atoms with Crippen LogP contribution < -0.4 is 10.6 Å². The fourth-order valence-electron chi connectivity index (χ4n) is 4.09. The zero-order valence-corrected chi connectivity index (χ0v) is 18.0. The van der Waals surface area contributed by atoms with E-state index in [2.05, 4.69) is 20.5 Å². The maximum absolute atomic E-state index is 13.2. The Labute approximate surface area is 174 Å². The molecule has 1 unspecified atom stereocenters. The molecule has 4 nitrogen and oxygen atoms in total. The van der Waals surface area contributed by atoms with E-state index in [1.165, 1.54) is 44.7 Å². The third kappa shape index (κ3) is 6.37. The summed E-state index contributed by atoms with van der Waals surface area (Å²) in [6.45, 7) is 3.18. The van der Waals surface area contributed by atoms with E-state index in [4.69, 9.17) is 0 Å². The molecule has 0 amide bonds. The number of rotatable bonds is 6. The number of aliphatic imine (C=N–C) groups is 1. The van der Waals surface area contributed by atoms with Crippen LogP contribution in [0.2, 0.25) is 0 Å². The lowest BCUT2D eigenvalue weighted by Gasteiger charge is -2.24. The zero-order valence-electron chi connectivity index (χ0n) is 15.7. The van der Waals surface area contributed by atoms with Gasteiger partial charge in [-0.15, -0.1) is 24.0 Å². The van der Waals surface area contributed by atoms with Gasteiger partial charge in [-0.1, -0.05) is 25.0 Å². The monoisotopic (exact) mass is 474 g/mol. The van der Waals surface area contributed by atoms with Crippen LogP contribution in [0.1, 0.15) is 44.1 Å². The third-order valence-electron chi connectivity index (χ3n) is 5.45. The molecular weight excluding hydrogens is 442 g/mol. The lowest BCUT2D eigenvalue weighted by Crippen LogP contribution is -2.45. The van der Waals surface area contributed by atoms with Crippen molar-refractivity contribution in [1.29, 1.82) is 0 Å². The quantitative estimate of drug-likeness (QED) is 0.287. The van der Waals surface area contributed by atoms with Gasteiger partial charge in [0, 0.05) is 38.8 Å². The van der Waals surface area contributed by atoms with Crippen LogP contribution in [0.3, 0.4) is 0 Å². The molecule has 1 saturated heterocycles. The Hall–Kier alpha value is -0.890. The molecule has 26 heavy (non-hydrogen) atoms. The number of hydrogen-bond acceptors (Lipinski definition) is 2. The largest absolute Gasteiger partial charge is 0.356 e. The van der Waals surface area contributed by atoms with E-state index >= 15 is 0 Å². The fraction of sp³-hybridized carbons (Fsp3) is 0.650. The molecule has 2 fully saturated rings. The van der Waals surface area contributed by atoms with Gasteiger partial charge in [-0.25, -0.2) is 4.39 Å². The van der Waals surface area contributed by atoms with Crippen LogP contribution >= 0.6 is 24.0 Å². The predicted molar refractivity (Wildman–Crippen MR) is 117 cm³/mol. The average molecular weight is 474 g/mol. The molecule has 2 aliphatic rings. The van der Waals surface area contributed by atoms with Crippen LogP contribution in [0.5, 0.6) is 0 Å². The number of aryl methyl sites for hydroxylation is 1. The molecule has 1 heterocycles. The molecule has 1 saturated carbocycles. The Morgan fingerprint density at radius 3 is 2.81 bits per heavy atom. The lowest BCUT2D eigenvalue weighted by atomic mass is 10.1. The first kappa shape index (κ1) is 21.4. The molecule has 1 atom stereocenters. The van der Waals surface area contributed by atoms with E-state index in [1.54, 1.807) is 12.1 Å². The summed E-state index contributed by atoms with van der Waals surface area (Å²) in [4.78, 5) is 7.00. The minimum atomic E-state index is -0.156. The fourth-order valence-corrected chi connectivity index (χ4v) is 4.09. The highest BCUT2D eigenvalue weighted by molar-refractivity contribution is 14.0. The molecule has 2 N–H and O–H groups in total. The Balaban J connectivity index is 0.00000243. The zero-order chi connectivity index (χ0) is 17.5. The van der Waals surface area contributed by atoms with Gasteiger partial charge in [0.05, 0.1) is 0 Å². The summed E-state index contributed by atoms with van der Waals surface area (Å²) in [7, 11) is 1.82. The van der Waals surface area contributed by atoms with E-state index < -0.39 is 0 Å². The van der Waals surface area contributed by atoms with Gasteiger partial charge in [-0.3, -0.25) is 9.89 Å². The Kier molecular flexibility index (Phi) is 9.11. The molecule has 1 aliphatic carbocycles. The number of benzene rings is 1. The molecule has 0 radical (unpaired) electrons. The maximum atomic E-state index is 13.2. The van der Waals surface area contributed by atoms with Crippen molar-refractivity contribution < 1.29 is 4.39 Å². The van der Waals surface area contributed by atoms with Gasteiger partial charge in [0.2, 0.25) is 0 Å². The summed E-state index contributed by atoms with van der Waals surface area (Å²) in [6.07, 6.45) is 8.57. The summed E-state index contributed by atoms with van der Waals surface area (Å²) in [5, 5.41) is 6.96. The highest BCUT2D eigenvalue weighted by atomic mass is 127. The van der Waals surface area contributed by atoms with Crippen LogP contribution in [-0.4, -0.2) is 49.6 Å². The first-order valence-electron chi connectivity index (χ1n) is 9.70. The van der Waals surface area contributed by atoms with Gasteiger partial charge in [0.15, 0.2) is 5.96 Å². The summed E-state index contributed by atoms with van der Waals surface area (Å²) < 4.78 is 13.2. The number of halogens is 2. The van der Waals surface area contributed by atoms with Crippen molar-refractivity contribution in [2.45, 2.75) is 57.0 Å². The first-order chi connectivity index (χ1) is 12.2. The summed E-state index contributed by atoms with van der Waals surface area (Å²) in [6, 6.07) is 8.16. The topological polar surface area (TPSA) is 39.7 Å². The van der Waals surface area contributed by atoms with Crippen molar-refractivity contribution in [1.82, 2.24) is 15.5 Å².